The summed E-state index contributed by atoms with van der Waals surface area (Å²) in [6.45, 7) is 5.24. The van der Waals surface area contributed by atoms with E-state index in [1.807, 2.05) is 0 Å². The van der Waals surface area contributed by atoms with Crippen molar-refractivity contribution in [2.45, 2.75) is 50.8 Å². The van der Waals surface area contributed by atoms with Crippen LogP contribution in [0.1, 0.15) is 46.0 Å². The van der Waals surface area contributed by atoms with E-state index in [2.05, 4.69) is 35.1 Å². The Bertz CT molecular complexity index is 269. The van der Waals surface area contributed by atoms with Crippen molar-refractivity contribution in [2.75, 3.05) is 6.54 Å². The molecule has 2 fully saturated rings. The third-order valence-electron chi connectivity index (χ3n) is 4.17. The number of amides is 1. The van der Waals surface area contributed by atoms with Crippen molar-refractivity contribution in [2.24, 2.45) is 17.3 Å². The van der Waals surface area contributed by atoms with Crippen LogP contribution in [0.4, 0.5) is 0 Å². The van der Waals surface area contributed by atoms with Crippen LogP contribution in [-0.4, -0.2) is 17.3 Å². The van der Waals surface area contributed by atoms with Gasteiger partial charge in [0.05, 0.1) is 0 Å². The van der Waals surface area contributed by atoms with Gasteiger partial charge < -0.3 is 5.32 Å². The van der Waals surface area contributed by atoms with E-state index in [0.29, 0.717) is 10.7 Å². The molecular formula is C13H22BrNO. The van der Waals surface area contributed by atoms with Crippen LogP contribution in [0.15, 0.2) is 0 Å². The van der Waals surface area contributed by atoms with Gasteiger partial charge in [-0.1, -0.05) is 29.8 Å². The maximum Gasteiger partial charge on any atom is 0.223 e. The van der Waals surface area contributed by atoms with Crippen LogP contribution in [0.25, 0.3) is 0 Å². The molecule has 0 spiro atoms. The second-order valence-corrected chi connectivity index (χ2v) is 7.40. The lowest BCUT2D eigenvalue weighted by Crippen LogP contribution is -2.33. The fraction of sp³-hybridized carbons (Fsp3) is 0.923. The third kappa shape index (κ3) is 2.99. The highest BCUT2D eigenvalue weighted by molar-refractivity contribution is 9.09. The van der Waals surface area contributed by atoms with Crippen molar-refractivity contribution >= 4 is 21.8 Å². The maximum absolute atomic E-state index is 11.8. The molecular weight excluding hydrogens is 266 g/mol. The average Bonchev–Trinajstić information content (AvgIpc) is 2.87. The molecule has 0 aromatic heterocycles. The number of hydrogen-bond donors (Lipinski definition) is 1. The summed E-state index contributed by atoms with van der Waals surface area (Å²) in [7, 11) is 0. The Morgan fingerprint density at radius 2 is 1.88 bits per heavy atom. The number of carbonyl (C=O) groups excluding carboxylic acids is 1. The molecule has 0 aliphatic heterocycles. The van der Waals surface area contributed by atoms with Crippen molar-refractivity contribution < 1.29 is 4.79 Å². The number of hydrogen-bond acceptors (Lipinski definition) is 1. The highest BCUT2D eigenvalue weighted by Gasteiger charge is 2.50. The lowest BCUT2D eigenvalue weighted by Gasteiger charge is -2.25. The normalized spacial score (nSPS) is 36.8. The van der Waals surface area contributed by atoms with Crippen LogP contribution in [0.2, 0.25) is 0 Å². The van der Waals surface area contributed by atoms with Gasteiger partial charge >= 0.3 is 0 Å². The van der Waals surface area contributed by atoms with Crippen LogP contribution < -0.4 is 5.32 Å². The fourth-order valence-electron chi connectivity index (χ4n) is 2.61. The predicted molar refractivity (Wildman–Crippen MR) is 69.6 cm³/mol. The summed E-state index contributed by atoms with van der Waals surface area (Å²) in [5.41, 5.74) is 0.262. The summed E-state index contributed by atoms with van der Waals surface area (Å²) in [4.78, 5) is 12.5. The van der Waals surface area contributed by atoms with Gasteiger partial charge in [0.1, 0.15) is 0 Å². The van der Waals surface area contributed by atoms with Crippen LogP contribution in [0.3, 0.4) is 0 Å². The van der Waals surface area contributed by atoms with Gasteiger partial charge in [0.25, 0.3) is 0 Å². The summed E-state index contributed by atoms with van der Waals surface area (Å²) < 4.78 is 0. The first-order valence-corrected chi connectivity index (χ1v) is 7.32. The zero-order chi connectivity index (χ0) is 11.8. The van der Waals surface area contributed by atoms with Crippen LogP contribution in [-0.2, 0) is 4.79 Å². The topological polar surface area (TPSA) is 29.1 Å². The van der Waals surface area contributed by atoms with Gasteiger partial charge in [0.15, 0.2) is 0 Å². The molecule has 3 heteroatoms. The molecule has 92 valence electrons. The van der Waals surface area contributed by atoms with Gasteiger partial charge in [-0.05, 0) is 43.4 Å². The monoisotopic (exact) mass is 287 g/mol. The smallest absolute Gasteiger partial charge is 0.223 e. The van der Waals surface area contributed by atoms with Crippen molar-refractivity contribution in [3.8, 4) is 0 Å². The molecule has 0 aromatic rings. The van der Waals surface area contributed by atoms with E-state index in [1.165, 1.54) is 25.7 Å². The molecule has 0 bridgehead atoms. The van der Waals surface area contributed by atoms with E-state index in [-0.39, 0.29) is 17.2 Å². The standard InChI is InChI=1S/C13H22BrNO/c1-13(2)7-11(13)12(16)15-8-9-3-5-10(14)6-4-9/h9-11H,3-8H2,1-2H3,(H,15,16). The second-order valence-electron chi connectivity index (χ2n) is 6.11. The van der Waals surface area contributed by atoms with Crippen molar-refractivity contribution in [1.82, 2.24) is 5.32 Å². The Hall–Kier alpha value is -0.0500. The minimum absolute atomic E-state index is 0.262. The number of nitrogens with one attached hydrogen (secondary N) is 1. The minimum Gasteiger partial charge on any atom is -0.356 e. The van der Waals surface area contributed by atoms with Gasteiger partial charge in [-0.25, -0.2) is 0 Å². The Kier molecular flexibility index (Phi) is 3.62. The molecule has 2 saturated carbocycles. The van der Waals surface area contributed by atoms with E-state index in [1.54, 1.807) is 0 Å². The van der Waals surface area contributed by atoms with Crippen molar-refractivity contribution in [3.05, 3.63) is 0 Å². The molecule has 0 aromatic carbocycles. The molecule has 1 N–H and O–H groups in total. The molecule has 2 nitrogen and oxygen atoms in total. The Morgan fingerprint density at radius 3 is 2.38 bits per heavy atom. The molecule has 1 unspecified atom stereocenters. The van der Waals surface area contributed by atoms with E-state index < -0.39 is 0 Å². The van der Waals surface area contributed by atoms with Crippen LogP contribution in [0.5, 0.6) is 0 Å². The Balaban J connectivity index is 1.66. The van der Waals surface area contributed by atoms with Gasteiger partial charge in [-0.2, -0.15) is 0 Å². The summed E-state index contributed by atoms with van der Waals surface area (Å²) in [5.74, 6) is 1.27. The van der Waals surface area contributed by atoms with Crippen molar-refractivity contribution in [3.63, 3.8) is 0 Å². The van der Waals surface area contributed by atoms with E-state index in [0.717, 1.165) is 13.0 Å². The van der Waals surface area contributed by atoms with E-state index >= 15 is 0 Å². The molecule has 1 amide bonds. The number of rotatable bonds is 3. The summed E-state index contributed by atoms with van der Waals surface area (Å²) in [6, 6.07) is 0. The van der Waals surface area contributed by atoms with Gasteiger partial charge in [0, 0.05) is 17.3 Å². The number of carbonyl (C=O) groups is 1. The SMILES string of the molecule is CC1(C)CC1C(=O)NCC1CCC(Br)CC1. The number of alkyl halides is 1. The summed E-state index contributed by atoms with van der Waals surface area (Å²) in [5, 5.41) is 3.13. The van der Waals surface area contributed by atoms with Crippen molar-refractivity contribution in [1.29, 1.82) is 0 Å². The maximum atomic E-state index is 11.8. The first-order valence-electron chi connectivity index (χ1n) is 6.41. The predicted octanol–water partition coefficient (Wildman–Crippen LogP) is 3.10. The van der Waals surface area contributed by atoms with Gasteiger partial charge in [-0.3, -0.25) is 4.79 Å². The molecule has 2 rings (SSSR count). The first kappa shape index (κ1) is 12.4. The largest absolute Gasteiger partial charge is 0.356 e. The lowest BCUT2D eigenvalue weighted by atomic mass is 9.89. The van der Waals surface area contributed by atoms with Crippen LogP contribution >= 0.6 is 15.9 Å². The Labute approximate surface area is 107 Å². The Morgan fingerprint density at radius 1 is 1.31 bits per heavy atom. The molecule has 0 heterocycles. The highest BCUT2D eigenvalue weighted by Crippen LogP contribution is 2.51. The zero-order valence-electron chi connectivity index (χ0n) is 10.3. The molecule has 0 radical (unpaired) electrons. The summed E-state index contributed by atoms with van der Waals surface area (Å²) in [6.07, 6.45) is 6.09. The highest BCUT2D eigenvalue weighted by atomic mass is 79.9. The van der Waals surface area contributed by atoms with Gasteiger partial charge in [-0.15, -0.1) is 0 Å². The molecule has 1 atom stereocenters. The second kappa shape index (κ2) is 4.67. The molecule has 2 aliphatic rings. The quantitative estimate of drug-likeness (QED) is 0.794. The number of halogens is 1. The van der Waals surface area contributed by atoms with E-state index in [9.17, 15) is 4.79 Å². The first-order chi connectivity index (χ1) is 7.49. The zero-order valence-corrected chi connectivity index (χ0v) is 11.8. The molecule has 16 heavy (non-hydrogen) atoms. The van der Waals surface area contributed by atoms with Crippen LogP contribution in [0, 0.1) is 17.3 Å². The van der Waals surface area contributed by atoms with E-state index in [4.69, 9.17) is 0 Å². The minimum atomic E-state index is 0.262. The third-order valence-corrected chi connectivity index (χ3v) is 5.09. The molecule has 0 saturated heterocycles. The average molecular weight is 288 g/mol. The van der Waals surface area contributed by atoms with Gasteiger partial charge in [0.2, 0.25) is 5.91 Å². The fourth-order valence-corrected chi connectivity index (χ4v) is 3.14. The summed E-state index contributed by atoms with van der Waals surface area (Å²) >= 11 is 3.66. The lowest BCUT2D eigenvalue weighted by molar-refractivity contribution is -0.123. The molecule has 2 aliphatic carbocycles.